The van der Waals surface area contributed by atoms with Gasteiger partial charge < -0.3 is 14.8 Å². The van der Waals surface area contributed by atoms with Gasteiger partial charge in [-0.25, -0.2) is 4.79 Å². The van der Waals surface area contributed by atoms with Crippen LogP contribution in [0.25, 0.3) is 0 Å². The number of ether oxygens (including phenoxy) is 2. The molecule has 0 radical (unpaired) electrons. The van der Waals surface area contributed by atoms with Crippen LogP contribution in [0.3, 0.4) is 0 Å². The quantitative estimate of drug-likeness (QED) is 0.442. The molecular formula is C18H18N2O6. The van der Waals surface area contributed by atoms with Crippen LogP contribution in [0.2, 0.25) is 0 Å². The molecule has 0 atom stereocenters. The van der Waals surface area contributed by atoms with E-state index >= 15 is 0 Å². The Hall–Kier alpha value is -3.42. The summed E-state index contributed by atoms with van der Waals surface area (Å²) in [6.45, 7) is 1.10. The number of hydrogen-bond donors (Lipinski definition) is 1. The number of para-hydroxylation sites is 2. The first kappa shape index (κ1) is 18.9. The van der Waals surface area contributed by atoms with Crippen LogP contribution >= 0.6 is 0 Å². The lowest BCUT2D eigenvalue weighted by Crippen LogP contribution is -2.24. The minimum Gasteiger partial charge on any atom is -0.482 e. The standard InChI is InChI=1S/C18H18N2O6/c1-2-13-6-5-7-14(10-13)25-12-18(22)26-11-17(21)19-15-8-3-4-9-16(15)20(23)24/h3-10H,2,11-12H2,1H3,(H,19,21). The molecule has 26 heavy (non-hydrogen) atoms. The number of nitrogens with zero attached hydrogens (tertiary/aromatic N) is 1. The summed E-state index contributed by atoms with van der Waals surface area (Å²) in [6, 6.07) is 13.0. The average Bonchev–Trinajstić information content (AvgIpc) is 2.65. The lowest BCUT2D eigenvalue weighted by Gasteiger charge is -2.08. The van der Waals surface area contributed by atoms with Gasteiger partial charge in [-0.3, -0.25) is 14.9 Å². The molecule has 136 valence electrons. The molecule has 0 fully saturated rings. The predicted octanol–water partition coefficient (Wildman–Crippen LogP) is 2.72. The van der Waals surface area contributed by atoms with Gasteiger partial charge in [-0.1, -0.05) is 31.2 Å². The Morgan fingerprint density at radius 2 is 1.88 bits per heavy atom. The summed E-state index contributed by atoms with van der Waals surface area (Å²) in [5.74, 6) is -0.865. The zero-order chi connectivity index (χ0) is 18.9. The van der Waals surface area contributed by atoms with Crippen LogP contribution < -0.4 is 10.1 Å². The van der Waals surface area contributed by atoms with Gasteiger partial charge in [0.25, 0.3) is 11.6 Å². The molecule has 8 nitrogen and oxygen atoms in total. The molecule has 2 aromatic rings. The molecule has 0 aliphatic carbocycles. The molecule has 1 N–H and O–H groups in total. The maximum Gasteiger partial charge on any atom is 0.344 e. The van der Waals surface area contributed by atoms with E-state index in [2.05, 4.69) is 5.32 Å². The molecule has 2 aromatic carbocycles. The Bertz CT molecular complexity index is 806. The van der Waals surface area contributed by atoms with Crippen molar-refractivity contribution in [2.24, 2.45) is 0 Å². The molecule has 1 amide bonds. The minimum atomic E-state index is -0.718. The largest absolute Gasteiger partial charge is 0.482 e. The van der Waals surface area contributed by atoms with E-state index in [9.17, 15) is 19.7 Å². The Morgan fingerprint density at radius 1 is 1.12 bits per heavy atom. The Labute approximate surface area is 149 Å². The number of nitro benzene ring substituents is 1. The van der Waals surface area contributed by atoms with Crippen LogP contribution in [0.1, 0.15) is 12.5 Å². The number of hydrogen-bond acceptors (Lipinski definition) is 6. The van der Waals surface area contributed by atoms with Crippen molar-refractivity contribution in [2.75, 3.05) is 18.5 Å². The van der Waals surface area contributed by atoms with Gasteiger partial charge in [0.15, 0.2) is 13.2 Å². The number of rotatable bonds is 8. The molecule has 8 heteroatoms. The number of carbonyl (C=O) groups is 2. The molecule has 0 spiro atoms. The summed E-state index contributed by atoms with van der Waals surface area (Å²) in [6.07, 6.45) is 0.841. The number of carbonyl (C=O) groups excluding carboxylic acids is 2. The number of nitro groups is 1. The van der Waals surface area contributed by atoms with Gasteiger partial charge in [-0.05, 0) is 30.2 Å². The fourth-order valence-corrected chi connectivity index (χ4v) is 2.11. The number of amides is 1. The first-order valence-electron chi connectivity index (χ1n) is 7.90. The monoisotopic (exact) mass is 358 g/mol. The summed E-state index contributed by atoms with van der Waals surface area (Å²) in [5.41, 5.74) is 0.859. The van der Waals surface area contributed by atoms with E-state index in [1.165, 1.54) is 18.2 Å². The molecular weight excluding hydrogens is 340 g/mol. The highest BCUT2D eigenvalue weighted by Crippen LogP contribution is 2.22. The summed E-state index contributed by atoms with van der Waals surface area (Å²) >= 11 is 0. The van der Waals surface area contributed by atoms with E-state index in [1.807, 2.05) is 25.1 Å². The van der Waals surface area contributed by atoms with E-state index in [0.29, 0.717) is 5.75 Å². The second kappa shape index (κ2) is 9.16. The fraction of sp³-hybridized carbons (Fsp3) is 0.222. The van der Waals surface area contributed by atoms with Gasteiger partial charge in [-0.15, -0.1) is 0 Å². The number of esters is 1. The fourth-order valence-electron chi connectivity index (χ4n) is 2.11. The van der Waals surface area contributed by atoms with Crippen molar-refractivity contribution in [3.63, 3.8) is 0 Å². The van der Waals surface area contributed by atoms with Crippen LogP contribution in [-0.4, -0.2) is 30.0 Å². The van der Waals surface area contributed by atoms with Gasteiger partial charge in [0, 0.05) is 6.07 Å². The number of aryl methyl sites for hydroxylation is 1. The Kier molecular flexibility index (Phi) is 6.67. The van der Waals surface area contributed by atoms with E-state index < -0.39 is 23.4 Å². The van der Waals surface area contributed by atoms with Gasteiger partial charge in [0.05, 0.1) is 4.92 Å². The topological polar surface area (TPSA) is 108 Å². The van der Waals surface area contributed by atoms with E-state index in [1.54, 1.807) is 12.1 Å². The zero-order valence-corrected chi connectivity index (χ0v) is 14.1. The summed E-state index contributed by atoms with van der Waals surface area (Å²) < 4.78 is 10.1. The molecule has 2 rings (SSSR count). The third-order valence-electron chi connectivity index (χ3n) is 3.40. The van der Waals surface area contributed by atoms with Crippen molar-refractivity contribution in [3.05, 3.63) is 64.2 Å². The van der Waals surface area contributed by atoms with Crippen LogP contribution in [0.5, 0.6) is 5.75 Å². The highest BCUT2D eigenvalue weighted by atomic mass is 16.6. The Morgan fingerprint density at radius 3 is 2.62 bits per heavy atom. The average molecular weight is 358 g/mol. The van der Waals surface area contributed by atoms with Crippen LogP contribution in [0, 0.1) is 10.1 Å². The van der Waals surface area contributed by atoms with Crippen molar-refractivity contribution in [1.29, 1.82) is 0 Å². The molecule has 0 saturated carbocycles. The summed E-state index contributed by atoms with van der Waals surface area (Å²) in [4.78, 5) is 33.7. The first-order valence-corrected chi connectivity index (χ1v) is 7.90. The smallest absolute Gasteiger partial charge is 0.344 e. The van der Waals surface area contributed by atoms with Crippen LogP contribution in [0.4, 0.5) is 11.4 Å². The molecule has 0 aliphatic rings. The van der Waals surface area contributed by atoms with Crippen molar-refractivity contribution in [2.45, 2.75) is 13.3 Å². The molecule has 0 saturated heterocycles. The SMILES string of the molecule is CCc1cccc(OCC(=O)OCC(=O)Nc2ccccc2[N+](=O)[O-])c1. The maximum absolute atomic E-state index is 11.8. The number of anilines is 1. The lowest BCUT2D eigenvalue weighted by atomic mass is 10.2. The molecule has 0 aromatic heterocycles. The van der Waals surface area contributed by atoms with Crippen molar-refractivity contribution < 1.29 is 24.0 Å². The van der Waals surface area contributed by atoms with Crippen molar-refractivity contribution >= 4 is 23.3 Å². The van der Waals surface area contributed by atoms with E-state index in [0.717, 1.165) is 12.0 Å². The molecule has 0 unspecified atom stereocenters. The van der Waals surface area contributed by atoms with Crippen molar-refractivity contribution in [3.8, 4) is 5.75 Å². The van der Waals surface area contributed by atoms with Crippen LogP contribution in [-0.2, 0) is 20.7 Å². The third-order valence-corrected chi connectivity index (χ3v) is 3.40. The number of benzene rings is 2. The predicted molar refractivity (Wildman–Crippen MR) is 94.0 cm³/mol. The molecule has 0 aliphatic heterocycles. The lowest BCUT2D eigenvalue weighted by molar-refractivity contribution is -0.383. The van der Waals surface area contributed by atoms with Gasteiger partial charge in [-0.2, -0.15) is 0 Å². The van der Waals surface area contributed by atoms with Crippen molar-refractivity contribution in [1.82, 2.24) is 0 Å². The highest BCUT2D eigenvalue weighted by Gasteiger charge is 2.16. The zero-order valence-electron chi connectivity index (χ0n) is 14.1. The van der Waals surface area contributed by atoms with Gasteiger partial charge >= 0.3 is 5.97 Å². The van der Waals surface area contributed by atoms with Crippen LogP contribution in [0.15, 0.2) is 48.5 Å². The Balaban J connectivity index is 1.80. The van der Waals surface area contributed by atoms with Gasteiger partial charge in [0.1, 0.15) is 11.4 Å². The van der Waals surface area contributed by atoms with E-state index in [4.69, 9.17) is 9.47 Å². The second-order valence-electron chi connectivity index (χ2n) is 5.27. The normalized spacial score (nSPS) is 10.0. The van der Waals surface area contributed by atoms with E-state index in [-0.39, 0.29) is 18.0 Å². The molecule has 0 heterocycles. The second-order valence-corrected chi connectivity index (χ2v) is 5.27. The highest BCUT2D eigenvalue weighted by molar-refractivity contribution is 5.94. The maximum atomic E-state index is 11.8. The number of nitrogens with one attached hydrogen (secondary N) is 1. The molecule has 0 bridgehead atoms. The first-order chi connectivity index (χ1) is 12.5. The third kappa shape index (κ3) is 5.59. The summed E-state index contributed by atoms with van der Waals surface area (Å²) in [7, 11) is 0. The van der Waals surface area contributed by atoms with Gasteiger partial charge in [0.2, 0.25) is 0 Å². The summed E-state index contributed by atoms with van der Waals surface area (Å²) in [5, 5.41) is 13.2. The minimum absolute atomic E-state index is 0.0335.